The van der Waals surface area contributed by atoms with Crippen LogP contribution in [0.1, 0.15) is 0 Å². The molecule has 0 unspecified atom stereocenters. The molecule has 0 amide bonds. The standard InChI is InChI=1S/C11H8N4OS/c16-11-14-10(17)13-9-8(6-12-15(9)11)7-4-2-1-3-5-7/h1-6H,(H2,13,14,16,17). The van der Waals surface area contributed by atoms with E-state index >= 15 is 0 Å². The van der Waals surface area contributed by atoms with Crippen LogP contribution in [0.2, 0.25) is 0 Å². The zero-order valence-corrected chi connectivity index (χ0v) is 9.54. The van der Waals surface area contributed by atoms with Crippen LogP contribution in [0, 0.1) is 0 Å². The number of aromatic hydroxyl groups is 1. The van der Waals surface area contributed by atoms with E-state index in [4.69, 9.17) is 0 Å². The maximum Gasteiger partial charge on any atom is 0.319 e. The fraction of sp³-hybridized carbons (Fsp3) is 0. The SMILES string of the molecule is Oc1nc(S)nc2c(-c3ccccc3)cnn12. The molecule has 0 aliphatic rings. The van der Waals surface area contributed by atoms with Crippen molar-refractivity contribution in [2.24, 2.45) is 0 Å². The van der Waals surface area contributed by atoms with Crippen molar-refractivity contribution in [3.05, 3.63) is 36.5 Å². The van der Waals surface area contributed by atoms with E-state index in [9.17, 15) is 5.11 Å². The van der Waals surface area contributed by atoms with Gasteiger partial charge in [-0.1, -0.05) is 30.3 Å². The molecule has 0 atom stereocenters. The Kier molecular flexibility index (Phi) is 2.22. The third-order valence-corrected chi connectivity index (χ3v) is 2.62. The summed E-state index contributed by atoms with van der Waals surface area (Å²) in [6.07, 6.45) is 1.65. The third kappa shape index (κ3) is 1.62. The van der Waals surface area contributed by atoms with Gasteiger partial charge in [-0.05, 0) is 5.56 Å². The number of aromatic nitrogens is 4. The van der Waals surface area contributed by atoms with Crippen molar-refractivity contribution >= 4 is 18.3 Å². The summed E-state index contributed by atoms with van der Waals surface area (Å²) in [6.45, 7) is 0. The van der Waals surface area contributed by atoms with Gasteiger partial charge in [0.15, 0.2) is 10.8 Å². The molecule has 5 nitrogen and oxygen atoms in total. The first kappa shape index (κ1) is 10.1. The van der Waals surface area contributed by atoms with Crippen LogP contribution in [0.5, 0.6) is 6.01 Å². The van der Waals surface area contributed by atoms with Crippen molar-refractivity contribution in [3.8, 4) is 17.1 Å². The van der Waals surface area contributed by atoms with E-state index in [2.05, 4.69) is 27.7 Å². The highest BCUT2D eigenvalue weighted by atomic mass is 32.1. The molecule has 0 spiro atoms. The van der Waals surface area contributed by atoms with Crippen LogP contribution < -0.4 is 0 Å². The number of fused-ring (bicyclic) bond motifs is 1. The summed E-state index contributed by atoms with van der Waals surface area (Å²) in [6, 6.07) is 9.49. The molecular weight excluding hydrogens is 236 g/mol. The second-order valence-corrected chi connectivity index (χ2v) is 3.88. The predicted molar refractivity (Wildman–Crippen MR) is 65.1 cm³/mol. The minimum atomic E-state index is -0.220. The van der Waals surface area contributed by atoms with Crippen LogP contribution in [-0.4, -0.2) is 24.7 Å². The molecule has 1 aromatic carbocycles. The molecule has 0 bridgehead atoms. The van der Waals surface area contributed by atoms with Gasteiger partial charge in [0.1, 0.15) is 0 Å². The molecule has 6 heteroatoms. The summed E-state index contributed by atoms with van der Waals surface area (Å²) in [5.74, 6) is 0. The maximum absolute atomic E-state index is 9.61. The zero-order valence-electron chi connectivity index (χ0n) is 8.65. The van der Waals surface area contributed by atoms with Crippen LogP contribution in [0.15, 0.2) is 41.7 Å². The number of hydrogen-bond acceptors (Lipinski definition) is 5. The molecule has 0 fully saturated rings. The highest BCUT2D eigenvalue weighted by Crippen LogP contribution is 2.24. The van der Waals surface area contributed by atoms with Crippen molar-refractivity contribution in [1.82, 2.24) is 19.6 Å². The molecule has 0 saturated heterocycles. The molecule has 3 rings (SSSR count). The van der Waals surface area contributed by atoms with E-state index in [1.165, 1.54) is 4.52 Å². The first-order valence-corrected chi connectivity index (χ1v) is 5.39. The Morgan fingerprint density at radius 3 is 2.65 bits per heavy atom. The number of benzene rings is 1. The molecule has 2 heterocycles. The maximum atomic E-state index is 9.61. The molecule has 1 N–H and O–H groups in total. The topological polar surface area (TPSA) is 63.3 Å². The predicted octanol–water partition coefficient (Wildman–Crippen LogP) is 1.79. The highest BCUT2D eigenvalue weighted by Gasteiger charge is 2.11. The summed E-state index contributed by atoms with van der Waals surface area (Å²) in [5.41, 5.74) is 2.35. The lowest BCUT2D eigenvalue weighted by molar-refractivity contribution is 0.404. The van der Waals surface area contributed by atoms with Crippen LogP contribution in [0.3, 0.4) is 0 Å². The monoisotopic (exact) mass is 244 g/mol. The second kappa shape index (κ2) is 3.74. The Labute approximate surface area is 102 Å². The lowest BCUT2D eigenvalue weighted by Crippen LogP contribution is -1.95. The van der Waals surface area contributed by atoms with Gasteiger partial charge >= 0.3 is 6.01 Å². The van der Waals surface area contributed by atoms with Gasteiger partial charge in [0, 0.05) is 5.56 Å². The van der Waals surface area contributed by atoms with Gasteiger partial charge in [-0.25, -0.2) is 4.98 Å². The van der Waals surface area contributed by atoms with Crippen LogP contribution >= 0.6 is 12.6 Å². The van der Waals surface area contributed by atoms with Crippen molar-refractivity contribution in [2.45, 2.75) is 5.16 Å². The average molecular weight is 244 g/mol. The Balaban J connectivity index is 2.32. The lowest BCUT2D eigenvalue weighted by atomic mass is 10.1. The van der Waals surface area contributed by atoms with Gasteiger partial charge in [0.05, 0.1) is 6.20 Å². The number of rotatable bonds is 1. The summed E-state index contributed by atoms with van der Waals surface area (Å²) >= 11 is 4.04. The van der Waals surface area contributed by atoms with Crippen molar-refractivity contribution in [1.29, 1.82) is 0 Å². The van der Waals surface area contributed by atoms with Gasteiger partial charge < -0.3 is 5.11 Å². The van der Waals surface area contributed by atoms with Gasteiger partial charge in [-0.2, -0.15) is 14.6 Å². The van der Waals surface area contributed by atoms with Gasteiger partial charge in [0.2, 0.25) is 0 Å². The van der Waals surface area contributed by atoms with Gasteiger partial charge in [-0.15, -0.1) is 12.6 Å². The largest absolute Gasteiger partial charge is 0.479 e. The molecule has 0 aliphatic heterocycles. The minimum Gasteiger partial charge on any atom is -0.479 e. The molecule has 2 aromatic heterocycles. The van der Waals surface area contributed by atoms with Crippen LogP contribution in [0.25, 0.3) is 16.8 Å². The van der Waals surface area contributed by atoms with E-state index in [1.54, 1.807) is 6.20 Å². The van der Waals surface area contributed by atoms with E-state index in [0.29, 0.717) is 5.65 Å². The number of thiol groups is 1. The molecular formula is C11H8N4OS. The summed E-state index contributed by atoms with van der Waals surface area (Å²) in [5, 5.41) is 13.9. The first-order chi connectivity index (χ1) is 8.25. The van der Waals surface area contributed by atoms with Gasteiger partial charge in [-0.3, -0.25) is 0 Å². The van der Waals surface area contributed by atoms with E-state index in [0.717, 1.165) is 11.1 Å². The Hall–Kier alpha value is -2.08. The zero-order chi connectivity index (χ0) is 11.8. The molecule has 0 radical (unpaired) electrons. The third-order valence-electron chi connectivity index (χ3n) is 2.42. The first-order valence-electron chi connectivity index (χ1n) is 4.95. The highest BCUT2D eigenvalue weighted by molar-refractivity contribution is 7.80. The normalized spacial score (nSPS) is 10.9. The molecule has 17 heavy (non-hydrogen) atoms. The molecule has 0 aliphatic carbocycles. The fourth-order valence-corrected chi connectivity index (χ4v) is 1.86. The second-order valence-electron chi connectivity index (χ2n) is 3.48. The van der Waals surface area contributed by atoms with Crippen molar-refractivity contribution < 1.29 is 5.11 Å². The minimum absolute atomic E-state index is 0.215. The van der Waals surface area contributed by atoms with Crippen LogP contribution in [0.4, 0.5) is 0 Å². The smallest absolute Gasteiger partial charge is 0.319 e. The fourth-order valence-electron chi connectivity index (χ4n) is 1.67. The summed E-state index contributed by atoms with van der Waals surface area (Å²) < 4.78 is 1.28. The van der Waals surface area contributed by atoms with E-state index < -0.39 is 0 Å². The van der Waals surface area contributed by atoms with E-state index in [1.807, 2.05) is 30.3 Å². The van der Waals surface area contributed by atoms with Crippen molar-refractivity contribution in [2.75, 3.05) is 0 Å². The van der Waals surface area contributed by atoms with E-state index in [-0.39, 0.29) is 11.2 Å². The quantitative estimate of drug-likeness (QED) is 0.640. The average Bonchev–Trinajstić information content (AvgIpc) is 2.74. The van der Waals surface area contributed by atoms with Crippen molar-refractivity contribution in [3.63, 3.8) is 0 Å². The lowest BCUT2D eigenvalue weighted by Gasteiger charge is -2.00. The molecule has 0 saturated carbocycles. The summed E-state index contributed by atoms with van der Waals surface area (Å²) in [4.78, 5) is 7.88. The molecule has 3 aromatic rings. The Bertz CT molecular complexity index is 681. The Morgan fingerprint density at radius 1 is 1.12 bits per heavy atom. The van der Waals surface area contributed by atoms with Crippen LogP contribution in [-0.2, 0) is 0 Å². The number of hydrogen-bond donors (Lipinski definition) is 2. The summed E-state index contributed by atoms with van der Waals surface area (Å²) in [7, 11) is 0. The molecule has 84 valence electrons. The number of nitrogens with zero attached hydrogens (tertiary/aromatic N) is 4. The Morgan fingerprint density at radius 2 is 1.88 bits per heavy atom. The van der Waals surface area contributed by atoms with Gasteiger partial charge in [0.25, 0.3) is 0 Å².